The van der Waals surface area contributed by atoms with Crippen LogP contribution in [-0.4, -0.2) is 59.3 Å². The lowest BCUT2D eigenvalue weighted by Crippen LogP contribution is -2.28. The number of aryl methyl sites for hydroxylation is 1. The first kappa shape index (κ1) is 19.2. The quantitative estimate of drug-likeness (QED) is 0.688. The van der Waals surface area contributed by atoms with Crippen LogP contribution in [0.5, 0.6) is 5.75 Å². The molecule has 0 spiro atoms. The topological polar surface area (TPSA) is 88.9 Å². The average molecular weight is 396 g/mol. The molecular formula is C21H24N4O4. The third-order valence-electron chi connectivity index (χ3n) is 5.45. The van der Waals surface area contributed by atoms with Crippen molar-refractivity contribution in [1.29, 1.82) is 0 Å². The van der Waals surface area contributed by atoms with Crippen LogP contribution < -0.4 is 10.3 Å². The van der Waals surface area contributed by atoms with Gasteiger partial charge in [0, 0.05) is 49.7 Å². The summed E-state index contributed by atoms with van der Waals surface area (Å²) in [6.45, 7) is 3.52. The number of carbonyl (C=O) groups is 1. The number of hydrogen-bond donors (Lipinski definition) is 1. The molecule has 1 atom stereocenters. The van der Waals surface area contributed by atoms with Gasteiger partial charge in [0.15, 0.2) is 5.65 Å². The van der Waals surface area contributed by atoms with Crippen LogP contribution in [0.1, 0.15) is 23.6 Å². The van der Waals surface area contributed by atoms with Gasteiger partial charge in [0.1, 0.15) is 5.75 Å². The number of likely N-dealkylation sites (tertiary alicyclic amines) is 1. The van der Waals surface area contributed by atoms with Gasteiger partial charge in [-0.2, -0.15) is 0 Å². The van der Waals surface area contributed by atoms with E-state index in [4.69, 9.17) is 14.5 Å². The van der Waals surface area contributed by atoms with Crippen LogP contribution in [0.25, 0.3) is 16.9 Å². The lowest BCUT2D eigenvalue weighted by molar-refractivity contribution is -0.128. The van der Waals surface area contributed by atoms with Crippen LogP contribution in [0.15, 0.2) is 35.1 Å². The molecular weight excluding hydrogens is 372 g/mol. The van der Waals surface area contributed by atoms with E-state index in [1.54, 1.807) is 19.1 Å². The molecule has 0 bridgehead atoms. The number of fused-ring (bicyclic) bond motifs is 1. The second kappa shape index (κ2) is 7.71. The van der Waals surface area contributed by atoms with Crippen molar-refractivity contribution in [1.82, 2.24) is 19.5 Å². The van der Waals surface area contributed by atoms with Crippen LogP contribution in [0.4, 0.5) is 0 Å². The SMILES string of the molecule is COCCN1C[C@H](c2cc(=O)n3[nH]c(-c4ccccc4OC)c(C)c3n2)CC1=O. The molecule has 8 heteroatoms. The van der Waals surface area contributed by atoms with E-state index in [9.17, 15) is 9.59 Å². The molecule has 0 aliphatic carbocycles. The predicted molar refractivity (Wildman–Crippen MR) is 108 cm³/mol. The Morgan fingerprint density at radius 3 is 2.79 bits per heavy atom. The molecule has 4 rings (SSSR count). The number of ether oxygens (including phenoxy) is 2. The largest absolute Gasteiger partial charge is 0.496 e. The molecule has 1 saturated heterocycles. The maximum Gasteiger partial charge on any atom is 0.272 e. The molecule has 1 aliphatic rings. The lowest BCUT2D eigenvalue weighted by atomic mass is 10.0. The van der Waals surface area contributed by atoms with Gasteiger partial charge in [-0.3, -0.25) is 14.7 Å². The Balaban J connectivity index is 1.74. The summed E-state index contributed by atoms with van der Waals surface area (Å²) in [6.07, 6.45) is 0.356. The molecule has 29 heavy (non-hydrogen) atoms. The molecule has 1 N–H and O–H groups in total. The summed E-state index contributed by atoms with van der Waals surface area (Å²) in [5.41, 5.74) is 3.52. The molecule has 152 valence electrons. The van der Waals surface area contributed by atoms with Crippen molar-refractivity contribution < 1.29 is 14.3 Å². The van der Waals surface area contributed by atoms with E-state index >= 15 is 0 Å². The van der Waals surface area contributed by atoms with Crippen molar-refractivity contribution in [2.45, 2.75) is 19.3 Å². The maximum atomic E-state index is 12.8. The number of nitrogens with zero attached hydrogens (tertiary/aromatic N) is 3. The highest BCUT2D eigenvalue weighted by molar-refractivity contribution is 5.80. The predicted octanol–water partition coefficient (Wildman–Crippen LogP) is 1.97. The fourth-order valence-electron chi connectivity index (χ4n) is 3.88. The highest BCUT2D eigenvalue weighted by Crippen LogP contribution is 2.32. The number of amides is 1. The van der Waals surface area contributed by atoms with Gasteiger partial charge >= 0.3 is 0 Å². The van der Waals surface area contributed by atoms with Crippen LogP contribution >= 0.6 is 0 Å². The van der Waals surface area contributed by atoms with Gasteiger partial charge in [0.05, 0.1) is 25.1 Å². The molecule has 1 fully saturated rings. The fourth-order valence-corrected chi connectivity index (χ4v) is 3.88. The number of nitrogens with one attached hydrogen (secondary N) is 1. The highest BCUT2D eigenvalue weighted by Gasteiger charge is 2.32. The molecule has 1 aliphatic heterocycles. The number of carbonyl (C=O) groups excluding carboxylic acids is 1. The Kier molecular flexibility index (Phi) is 5.10. The zero-order chi connectivity index (χ0) is 20.5. The second-order valence-corrected chi connectivity index (χ2v) is 7.22. The van der Waals surface area contributed by atoms with E-state index in [-0.39, 0.29) is 17.4 Å². The minimum Gasteiger partial charge on any atom is -0.496 e. The van der Waals surface area contributed by atoms with E-state index in [1.165, 1.54) is 10.6 Å². The highest BCUT2D eigenvalue weighted by atomic mass is 16.5. The number of hydrogen-bond acceptors (Lipinski definition) is 5. The van der Waals surface area contributed by atoms with E-state index in [0.29, 0.717) is 43.2 Å². The van der Waals surface area contributed by atoms with Gasteiger partial charge < -0.3 is 14.4 Å². The summed E-state index contributed by atoms with van der Waals surface area (Å²) in [5.74, 6) is 0.682. The van der Waals surface area contributed by atoms with Crippen molar-refractivity contribution in [2.75, 3.05) is 33.9 Å². The summed E-state index contributed by atoms with van der Waals surface area (Å²) < 4.78 is 12.0. The van der Waals surface area contributed by atoms with Crippen molar-refractivity contribution in [3.05, 3.63) is 51.9 Å². The third kappa shape index (κ3) is 3.40. The number of benzene rings is 1. The summed E-state index contributed by atoms with van der Waals surface area (Å²) in [7, 11) is 3.23. The number of para-hydroxylation sites is 1. The van der Waals surface area contributed by atoms with Crippen LogP contribution in [0.3, 0.4) is 0 Å². The molecule has 2 aromatic heterocycles. The first-order valence-corrected chi connectivity index (χ1v) is 9.56. The van der Waals surface area contributed by atoms with Gasteiger partial charge in [0.25, 0.3) is 5.56 Å². The van der Waals surface area contributed by atoms with Gasteiger partial charge in [-0.1, -0.05) is 12.1 Å². The first-order chi connectivity index (χ1) is 14.0. The van der Waals surface area contributed by atoms with Gasteiger partial charge in [0.2, 0.25) is 5.91 Å². The number of H-pyrrole nitrogens is 1. The Morgan fingerprint density at radius 2 is 2.03 bits per heavy atom. The smallest absolute Gasteiger partial charge is 0.272 e. The zero-order valence-electron chi connectivity index (χ0n) is 16.8. The Morgan fingerprint density at radius 1 is 1.24 bits per heavy atom. The van der Waals surface area contributed by atoms with Gasteiger partial charge in [-0.05, 0) is 19.1 Å². The summed E-state index contributed by atoms with van der Waals surface area (Å²) in [4.78, 5) is 31.6. The molecule has 0 radical (unpaired) electrons. The maximum absolute atomic E-state index is 12.8. The number of rotatable bonds is 6. The molecule has 3 aromatic rings. The Bertz CT molecular complexity index is 1120. The standard InChI is InChI=1S/C21H24N4O4/c1-13-20(15-6-4-5-7-17(15)29-3)23-25-19(27)11-16(22-21(13)25)14-10-18(26)24(12-14)8-9-28-2/h4-7,11,14,23H,8-10,12H2,1-3H3/t14-/m1/s1. The summed E-state index contributed by atoms with van der Waals surface area (Å²) >= 11 is 0. The van der Waals surface area contributed by atoms with Gasteiger partial charge in [-0.25, -0.2) is 9.50 Å². The Labute approximate surface area is 168 Å². The zero-order valence-corrected chi connectivity index (χ0v) is 16.8. The van der Waals surface area contributed by atoms with Gasteiger partial charge in [-0.15, -0.1) is 0 Å². The molecule has 8 nitrogen and oxygen atoms in total. The number of aromatic nitrogens is 3. The second-order valence-electron chi connectivity index (χ2n) is 7.22. The number of methoxy groups -OCH3 is 2. The van der Waals surface area contributed by atoms with Crippen LogP contribution in [0.2, 0.25) is 0 Å². The van der Waals surface area contributed by atoms with E-state index < -0.39 is 0 Å². The fraction of sp³-hybridized carbons (Fsp3) is 0.381. The van der Waals surface area contributed by atoms with Crippen LogP contribution in [0, 0.1) is 6.92 Å². The van der Waals surface area contributed by atoms with Crippen LogP contribution in [-0.2, 0) is 9.53 Å². The van der Waals surface area contributed by atoms with E-state index in [0.717, 1.165) is 16.8 Å². The average Bonchev–Trinajstić information content (AvgIpc) is 3.27. The number of aromatic amines is 1. The normalized spacial score (nSPS) is 16.7. The van der Waals surface area contributed by atoms with E-state index in [2.05, 4.69) is 5.10 Å². The molecule has 0 saturated carbocycles. The molecule has 0 unspecified atom stereocenters. The first-order valence-electron chi connectivity index (χ1n) is 9.56. The lowest BCUT2D eigenvalue weighted by Gasteiger charge is -2.15. The molecule has 1 amide bonds. The summed E-state index contributed by atoms with van der Waals surface area (Å²) in [5, 5.41) is 3.15. The minimum atomic E-state index is -0.197. The van der Waals surface area contributed by atoms with E-state index in [1.807, 2.05) is 31.2 Å². The van der Waals surface area contributed by atoms with Crippen molar-refractivity contribution in [2.24, 2.45) is 0 Å². The Hall–Kier alpha value is -3.13. The summed E-state index contributed by atoms with van der Waals surface area (Å²) in [6, 6.07) is 9.15. The van der Waals surface area contributed by atoms with Crippen molar-refractivity contribution in [3.8, 4) is 17.0 Å². The molecule has 3 heterocycles. The van der Waals surface area contributed by atoms with Crippen molar-refractivity contribution in [3.63, 3.8) is 0 Å². The third-order valence-corrected chi connectivity index (χ3v) is 5.45. The molecule has 1 aromatic carbocycles. The monoisotopic (exact) mass is 396 g/mol. The van der Waals surface area contributed by atoms with Crippen molar-refractivity contribution >= 4 is 11.6 Å². The minimum absolute atomic E-state index is 0.0644.